The molecule has 0 aliphatic heterocycles. The zero-order valence-corrected chi connectivity index (χ0v) is 25.4. The van der Waals surface area contributed by atoms with Crippen molar-refractivity contribution in [3.05, 3.63) is 148 Å². The van der Waals surface area contributed by atoms with E-state index >= 15 is 0 Å². The van der Waals surface area contributed by atoms with Crippen molar-refractivity contribution in [2.75, 3.05) is 0 Å². The van der Waals surface area contributed by atoms with Crippen LogP contribution >= 0.6 is 11.3 Å². The Morgan fingerprint density at radius 1 is 0.810 bits per heavy atom. The number of rotatable bonds is 7. The normalized spacial score (nSPS) is 12.0. The molecule has 0 saturated carbocycles. The minimum Gasteiger partial charge on any atom is -0.253 e. The predicted molar refractivity (Wildman–Crippen MR) is 184 cm³/mol. The summed E-state index contributed by atoms with van der Waals surface area (Å²) in [6.45, 7) is 13.1. The quantitative estimate of drug-likeness (QED) is 0.178. The number of allylic oxidation sites excluding steroid dienone is 1. The van der Waals surface area contributed by atoms with Crippen LogP contribution in [0.25, 0.3) is 43.9 Å². The molecule has 0 unspecified atom stereocenters. The molecule has 0 bridgehead atoms. The summed E-state index contributed by atoms with van der Waals surface area (Å²) in [7, 11) is 0. The first-order chi connectivity index (χ1) is 20.4. The number of aliphatic imine (C=N–C) groups is 1. The van der Waals surface area contributed by atoms with Crippen LogP contribution in [0.5, 0.6) is 0 Å². The first kappa shape index (κ1) is 27.6. The first-order valence-corrected chi connectivity index (χ1v) is 15.3. The summed E-state index contributed by atoms with van der Waals surface area (Å²) in [6, 6.07) is 34.2. The summed E-state index contributed by atoms with van der Waals surface area (Å²) in [5.74, 6) is 0. The third-order valence-corrected chi connectivity index (χ3v) is 9.08. The van der Waals surface area contributed by atoms with Gasteiger partial charge in [-0.2, -0.15) is 0 Å². The van der Waals surface area contributed by atoms with Crippen LogP contribution in [-0.4, -0.2) is 10.7 Å². The second-order valence-corrected chi connectivity index (χ2v) is 11.8. The molecule has 0 fully saturated rings. The van der Waals surface area contributed by atoms with E-state index in [0.29, 0.717) is 0 Å². The standard InChI is InChI=1S/C39H34N2S/c1-6-7-14-29-21-22-34-35(23-25(2)40-37(34)26(29)3)32-18-13-17-31(24-32)28(5)41-38(30-15-9-8-10-16-30)39-27(4)33-19-11-12-20-36(33)42-39/h7-24H,5-6H2,1-4H3/b14-7-,41-38-. The molecule has 2 nitrogen and oxygen atoms in total. The van der Waals surface area contributed by atoms with E-state index in [1.165, 1.54) is 37.2 Å². The van der Waals surface area contributed by atoms with Crippen LogP contribution < -0.4 is 0 Å². The SMILES string of the molecule is C=C(/N=C(/c1ccccc1)c1sc2ccccc2c1C)c1cccc(-c2cc(C)nc3c(C)c(/C=C\CC)ccc23)c1. The molecular formula is C39H34N2S. The summed E-state index contributed by atoms with van der Waals surface area (Å²) in [4.78, 5) is 11.4. The van der Waals surface area contributed by atoms with Crippen LogP contribution in [0, 0.1) is 20.8 Å². The van der Waals surface area contributed by atoms with Crippen LogP contribution in [0.4, 0.5) is 0 Å². The van der Waals surface area contributed by atoms with Crippen molar-refractivity contribution >= 4 is 49.8 Å². The number of fused-ring (bicyclic) bond motifs is 2. The fraction of sp³-hybridized carbons (Fsp3) is 0.128. The van der Waals surface area contributed by atoms with Crippen molar-refractivity contribution in [2.24, 2.45) is 4.99 Å². The monoisotopic (exact) mass is 562 g/mol. The van der Waals surface area contributed by atoms with Gasteiger partial charge in [-0.3, -0.25) is 4.98 Å². The van der Waals surface area contributed by atoms with Crippen LogP contribution in [0.1, 0.15) is 51.7 Å². The van der Waals surface area contributed by atoms with Gasteiger partial charge in [0.1, 0.15) is 0 Å². The Morgan fingerprint density at radius 3 is 2.36 bits per heavy atom. The van der Waals surface area contributed by atoms with Gasteiger partial charge in [0.15, 0.2) is 0 Å². The predicted octanol–water partition coefficient (Wildman–Crippen LogP) is 11.0. The summed E-state index contributed by atoms with van der Waals surface area (Å²) in [5, 5.41) is 2.43. The van der Waals surface area contributed by atoms with E-state index in [4.69, 9.17) is 9.98 Å². The molecule has 0 aliphatic rings. The number of benzene rings is 4. The summed E-state index contributed by atoms with van der Waals surface area (Å²) >= 11 is 1.79. The number of hydrogen-bond acceptors (Lipinski definition) is 3. The van der Waals surface area contributed by atoms with Gasteiger partial charge in [0, 0.05) is 26.9 Å². The van der Waals surface area contributed by atoms with Gasteiger partial charge in [0.25, 0.3) is 0 Å². The van der Waals surface area contributed by atoms with E-state index in [2.05, 4.69) is 137 Å². The third-order valence-electron chi connectivity index (χ3n) is 7.80. The number of aromatic nitrogens is 1. The van der Waals surface area contributed by atoms with E-state index in [9.17, 15) is 0 Å². The maximum atomic E-state index is 5.22. The highest BCUT2D eigenvalue weighted by Crippen LogP contribution is 2.35. The lowest BCUT2D eigenvalue weighted by Crippen LogP contribution is -2.03. The van der Waals surface area contributed by atoms with Crippen LogP contribution in [0.15, 0.2) is 115 Å². The molecule has 4 aromatic carbocycles. The summed E-state index contributed by atoms with van der Waals surface area (Å²) in [6.07, 6.45) is 5.41. The second-order valence-electron chi connectivity index (χ2n) is 10.7. The van der Waals surface area contributed by atoms with Gasteiger partial charge in [-0.25, -0.2) is 4.99 Å². The van der Waals surface area contributed by atoms with E-state index in [0.717, 1.165) is 51.1 Å². The Balaban J connectivity index is 1.46. The molecule has 42 heavy (non-hydrogen) atoms. The molecular weight excluding hydrogens is 529 g/mol. The molecule has 0 spiro atoms. The molecule has 6 aromatic rings. The Labute approximate surface area is 252 Å². The molecule has 0 amide bonds. The van der Waals surface area contributed by atoms with E-state index < -0.39 is 0 Å². The molecule has 2 aromatic heterocycles. The Bertz CT molecular complexity index is 2010. The van der Waals surface area contributed by atoms with Gasteiger partial charge < -0.3 is 0 Å². The van der Waals surface area contributed by atoms with Gasteiger partial charge in [-0.15, -0.1) is 11.3 Å². The van der Waals surface area contributed by atoms with Gasteiger partial charge in [-0.1, -0.05) is 105 Å². The lowest BCUT2D eigenvalue weighted by molar-refractivity contribution is 1.23. The number of thiophene rings is 1. The molecule has 3 heteroatoms. The van der Waals surface area contributed by atoms with Gasteiger partial charge in [0.2, 0.25) is 0 Å². The average molecular weight is 563 g/mol. The van der Waals surface area contributed by atoms with E-state index in [1.54, 1.807) is 11.3 Å². The minimum absolute atomic E-state index is 0.741. The largest absolute Gasteiger partial charge is 0.253 e. The van der Waals surface area contributed by atoms with Crippen molar-refractivity contribution in [3.8, 4) is 11.1 Å². The number of hydrogen-bond donors (Lipinski definition) is 0. The smallest absolute Gasteiger partial charge is 0.0884 e. The maximum absolute atomic E-state index is 5.22. The van der Waals surface area contributed by atoms with Crippen LogP contribution in [0.2, 0.25) is 0 Å². The number of nitrogens with zero attached hydrogens (tertiary/aromatic N) is 2. The number of pyridine rings is 1. The number of aryl methyl sites for hydroxylation is 3. The first-order valence-electron chi connectivity index (χ1n) is 14.4. The van der Waals surface area contributed by atoms with Crippen molar-refractivity contribution in [1.82, 2.24) is 4.98 Å². The van der Waals surface area contributed by atoms with Crippen molar-refractivity contribution < 1.29 is 0 Å². The second kappa shape index (κ2) is 11.7. The molecule has 2 heterocycles. The van der Waals surface area contributed by atoms with Gasteiger partial charge in [0.05, 0.1) is 21.8 Å². The topological polar surface area (TPSA) is 25.2 Å². The molecule has 0 radical (unpaired) electrons. The fourth-order valence-electron chi connectivity index (χ4n) is 5.55. The van der Waals surface area contributed by atoms with Gasteiger partial charge >= 0.3 is 0 Å². The lowest BCUT2D eigenvalue weighted by Gasteiger charge is -2.13. The van der Waals surface area contributed by atoms with Crippen LogP contribution in [0.3, 0.4) is 0 Å². The third kappa shape index (κ3) is 5.24. The van der Waals surface area contributed by atoms with Crippen molar-refractivity contribution in [3.63, 3.8) is 0 Å². The molecule has 0 atom stereocenters. The molecule has 206 valence electrons. The summed E-state index contributed by atoms with van der Waals surface area (Å²) in [5.41, 5.74) is 11.8. The molecule has 0 aliphatic carbocycles. The Morgan fingerprint density at radius 2 is 1.57 bits per heavy atom. The average Bonchev–Trinajstić information content (AvgIpc) is 3.35. The zero-order chi connectivity index (χ0) is 29.2. The highest BCUT2D eigenvalue weighted by atomic mass is 32.1. The van der Waals surface area contributed by atoms with E-state index in [-0.39, 0.29) is 0 Å². The fourth-order valence-corrected chi connectivity index (χ4v) is 6.77. The summed E-state index contributed by atoms with van der Waals surface area (Å²) < 4.78 is 1.27. The van der Waals surface area contributed by atoms with Crippen molar-refractivity contribution in [2.45, 2.75) is 34.1 Å². The minimum atomic E-state index is 0.741. The lowest BCUT2D eigenvalue weighted by atomic mass is 9.94. The maximum Gasteiger partial charge on any atom is 0.0884 e. The van der Waals surface area contributed by atoms with Crippen molar-refractivity contribution in [1.29, 1.82) is 0 Å². The van der Waals surface area contributed by atoms with Crippen LogP contribution in [-0.2, 0) is 0 Å². The Kier molecular flexibility index (Phi) is 7.69. The highest BCUT2D eigenvalue weighted by Gasteiger charge is 2.17. The van der Waals surface area contributed by atoms with E-state index in [1.807, 2.05) is 6.07 Å². The molecule has 6 rings (SSSR count). The van der Waals surface area contributed by atoms with Gasteiger partial charge in [-0.05, 0) is 78.6 Å². The zero-order valence-electron chi connectivity index (χ0n) is 24.6. The highest BCUT2D eigenvalue weighted by molar-refractivity contribution is 7.21. The molecule has 0 N–H and O–H groups in total. The molecule has 0 saturated heterocycles. The Hall–Kier alpha value is -4.60.